The van der Waals surface area contributed by atoms with Gasteiger partial charge in [-0.25, -0.2) is 19.9 Å². The number of hydrogen-bond donors (Lipinski definition) is 4. The molecule has 0 unspecified atom stereocenters. The van der Waals surface area contributed by atoms with Crippen molar-refractivity contribution >= 4 is 46.5 Å². The first-order chi connectivity index (χ1) is 18.5. The minimum atomic E-state index is -4.72. The number of anilines is 1. The summed E-state index contributed by atoms with van der Waals surface area (Å²) < 4.78 is 39.2. The Labute approximate surface area is 229 Å². The molecule has 11 nitrogen and oxygen atoms in total. The first-order valence-electron chi connectivity index (χ1n) is 11.7. The molecule has 0 saturated carbocycles. The largest absolute Gasteiger partial charge is 0.418 e. The Morgan fingerprint density at radius 3 is 2.41 bits per heavy atom. The quantitative estimate of drug-likeness (QED) is 0.331. The highest BCUT2D eigenvalue weighted by Crippen LogP contribution is 2.35. The number of pyridine rings is 1. The van der Waals surface area contributed by atoms with Crippen LogP contribution >= 0.6 is 22.9 Å². The third-order valence-corrected chi connectivity index (χ3v) is 7.15. The molecule has 0 aromatic carbocycles. The summed E-state index contributed by atoms with van der Waals surface area (Å²) in [6.07, 6.45) is 0.0162. The number of halogens is 4. The van der Waals surface area contributed by atoms with E-state index in [2.05, 4.69) is 41.2 Å². The van der Waals surface area contributed by atoms with Crippen molar-refractivity contribution in [2.75, 3.05) is 18.4 Å². The molecule has 206 valence electrons. The van der Waals surface area contributed by atoms with Gasteiger partial charge in [0, 0.05) is 18.3 Å². The van der Waals surface area contributed by atoms with Crippen LogP contribution in [-0.4, -0.2) is 56.8 Å². The van der Waals surface area contributed by atoms with Crippen molar-refractivity contribution in [2.45, 2.75) is 38.0 Å². The summed E-state index contributed by atoms with van der Waals surface area (Å²) in [5.74, 6) is -2.07. The van der Waals surface area contributed by atoms with Gasteiger partial charge in [-0.2, -0.15) is 13.2 Å². The summed E-state index contributed by atoms with van der Waals surface area (Å²) in [5.41, 5.74) is -1.11. The molecule has 1 saturated heterocycles. The van der Waals surface area contributed by atoms with Crippen LogP contribution in [0.4, 0.5) is 19.0 Å². The van der Waals surface area contributed by atoms with Gasteiger partial charge in [0.15, 0.2) is 0 Å². The zero-order chi connectivity index (χ0) is 28.2. The summed E-state index contributed by atoms with van der Waals surface area (Å²) in [5, 5.41) is 10.8. The van der Waals surface area contributed by atoms with Crippen LogP contribution in [0.5, 0.6) is 0 Å². The molecule has 39 heavy (non-hydrogen) atoms. The van der Waals surface area contributed by atoms with Crippen LogP contribution in [-0.2, 0) is 6.18 Å². The van der Waals surface area contributed by atoms with Gasteiger partial charge in [0.2, 0.25) is 0 Å². The SMILES string of the molecule is C[C@@H](NC(=O)c1cc(C(=O)NC2CCNCC2)ncn1)c1ncc(C(=O)Nc2cc(C(F)(F)F)c(Cl)cn2)s1. The lowest BCUT2D eigenvalue weighted by Crippen LogP contribution is -2.43. The molecule has 0 radical (unpaired) electrons. The maximum Gasteiger partial charge on any atom is 0.418 e. The van der Waals surface area contributed by atoms with E-state index in [-0.39, 0.29) is 28.1 Å². The maximum absolute atomic E-state index is 13.1. The number of hydrogen-bond acceptors (Lipinski definition) is 9. The van der Waals surface area contributed by atoms with Gasteiger partial charge in [-0.05, 0) is 38.9 Å². The number of rotatable bonds is 7. The lowest BCUT2D eigenvalue weighted by molar-refractivity contribution is -0.137. The molecular weight excluding hydrogens is 561 g/mol. The van der Waals surface area contributed by atoms with E-state index in [1.165, 1.54) is 12.3 Å². The van der Waals surface area contributed by atoms with Gasteiger partial charge >= 0.3 is 6.18 Å². The molecule has 3 amide bonds. The normalized spacial score (nSPS) is 14.9. The number of carbonyl (C=O) groups is 3. The van der Waals surface area contributed by atoms with Crippen molar-refractivity contribution in [3.8, 4) is 0 Å². The number of thiazole rings is 1. The van der Waals surface area contributed by atoms with E-state index in [0.29, 0.717) is 11.1 Å². The fourth-order valence-electron chi connectivity index (χ4n) is 3.66. The number of nitrogens with zero attached hydrogens (tertiary/aromatic N) is 4. The third kappa shape index (κ3) is 7.25. The average molecular weight is 583 g/mol. The molecule has 0 aliphatic carbocycles. The molecule has 0 bridgehead atoms. The Bertz CT molecular complexity index is 1380. The molecule has 4 N–H and O–H groups in total. The van der Waals surface area contributed by atoms with Gasteiger partial charge in [-0.15, -0.1) is 11.3 Å². The van der Waals surface area contributed by atoms with E-state index in [4.69, 9.17) is 11.6 Å². The number of amides is 3. The predicted octanol–water partition coefficient (Wildman–Crippen LogP) is 3.23. The first kappa shape index (κ1) is 28.3. The highest BCUT2D eigenvalue weighted by molar-refractivity contribution is 7.13. The van der Waals surface area contributed by atoms with Crippen molar-refractivity contribution < 1.29 is 27.6 Å². The number of nitrogens with one attached hydrogen (secondary N) is 4. The van der Waals surface area contributed by atoms with E-state index in [1.54, 1.807) is 6.92 Å². The summed E-state index contributed by atoms with van der Waals surface area (Å²) >= 11 is 6.48. The fraction of sp³-hybridized carbons (Fsp3) is 0.348. The zero-order valence-electron chi connectivity index (χ0n) is 20.3. The second-order valence-corrected chi connectivity index (χ2v) is 10.0. The number of alkyl halides is 3. The van der Waals surface area contributed by atoms with Gasteiger partial charge in [0.05, 0.1) is 22.8 Å². The van der Waals surface area contributed by atoms with Crippen LogP contribution < -0.4 is 21.3 Å². The number of piperidine rings is 1. The van der Waals surface area contributed by atoms with Crippen molar-refractivity contribution in [3.63, 3.8) is 0 Å². The molecule has 3 aromatic heterocycles. The third-order valence-electron chi connectivity index (χ3n) is 5.67. The lowest BCUT2D eigenvalue weighted by atomic mass is 10.1. The monoisotopic (exact) mass is 582 g/mol. The lowest BCUT2D eigenvalue weighted by Gasteiger charge is -2.23. The minimum absolute atomic E-state index is 0.0180. The van der Waals surface area contributed by atoms with E-state index in [1.807, 2.05) is 0 Å². The summed E-state index contributed by atoms with van der Waals surface area (Å²) in [4.78, 5) is 53.7. The predicted molar refractivity (Wildman–Crippen MR) is 136 cm³/mol. The Kier molecular flexibility index (Phi) is 8.72. The van der Waals surface area contributed by atoms with Crippen LogP contribution in [0.15, 0.2) is 30.9 Å². The summed E-state index contributed by atoms with van der Waals surface area (Å²) in [6.45, 7) is 3.23. The minimum Gasteiger partial charge on any atom is -0.348 e. The van der Waals surface area contributed by atoms with Crippen molar-refractivity contribution in [1.29, 1.82) is 0 Å². The highest BCUT2D eigenvalue weighted by atomic mass is 35.5. The van der Waals surface area contributed by atoms with Crippen molar-refractivity contribution in [2.24, 2.45) is 0 Å². The summed E-state index contributed by atoms with van der Waals surface area (Å²) in [7, 11) is 0. The number of aromatic nitrogens is 4. The van der Waals surface area contributed by atoms with E-state index >= 15 is 0 Å². The van der Waals surface area contributed by atoms with Gasteiger partial charge < -0.3 is 21.3 Å². The molecule has 4 rings (SSSR count). The van der Waals surface area contributed by atoms with Gasteiger partial charge in [0.1, 0.15) is 33.4 Å². The van der Waals surface area contributed by atoms with Crippen LogP contribution in [0.3, 0.4) is 0 Å². The van der Waals surface area contributed by atoms with Gasteiger partial charge in [-0.1, -0.05) is 11.6 Å². The van der Waals surface area contributed by atoms with Crippen molar-refractivity contribution in [3.05, 3.63) is 62.7 Å². The molecule has 4 heterocycles. The maximum atomic E-state index is 13.1. The van der Waals surface area contributed by atoms with Crippen LogP contribution in [0, 0.1) is 0 Å². The van der Waals surface area contributed by atoms with E-state index in [9.17, 15) is 27.6 Å². The Morgan fingerprint density at radius 1 is 1.03 bits per heavy atom. The second kappa shape index (κ2) is 12.0. The molecule has 1 aliphatic heterocycles. The van der Waals surface area contributed by atoms with Crippen LogP contribution in [0.25, 0.3) is 0 Å². The second-order valence-electron chi connectivity index (χ2n) is 8.55. The van der Waals surface area contributed by atoms with E-state index in [0.717, 1.165) is 49.8 Å². The molecule has 3 aromatic rings. The Hall–Kier alpha value is -3.69. The summed E-state index contributed by atoms with van der Waals surface area (Å²) in [6, 6.07) is 1.28. The molecule has 1 fully saturated rings. The Balaban J connectivity index is 1.37. The topological polar surface area (TPSA) is 151 Å². The standard InChI is InChI=1S/C23H22ClF3N8O3S/c1-11(33-19(36)15-7-16(32-10-31-15)20(37)34-12-2-4-28-5-3-12)22-30-9-17(39-22)21(38)35-18-6-13(23(25,26)27)14(24)8-29-18/h6-12,28H,2-5H2,1H3,(H,33,36)(H,34,37)(H,29,35,38)/t11-/m1/s1. The first-order valence-corrected chi connectivity index (χ1v) is 12.8. The highest BCUT2D eigenvalue weighted by Gasteiger charge is 2.34. The molecule has 1 atom stereocenters. The van der Waals surface area contributed by atoms with Crippen LogP contribution in [0.2, 0.25) is 5.02 Å². The molecule has 0 spiro atoms. The molecule has 1 aliphatic rings. The number of carbonyl (C=O) groups excluding carboxylic acids is 3. The van der Waals surface area contributed by atoms with Crippen LogP contribution in [0.1, 0.15) is 67.0 Å². The molecule has 16 heteroatoms. The smallest absolute Gasteiger partial charge is 0.348 e. The van der Waals surface area contributed by atoms with E-state index < -0.39 is 40.5 Å². The van der Waals surface area contributed by atoms with Gasteiger partial charge in [0.25, 0.3) is 17.7 Å². The van der Waals surface area contributed by atoms with Gasteiger partial charge in [-0.3, -0.25) is 14.4 Å². The fourth-order valence-corrected chi connectivity index (χ4v) is 4.68. The van der Waals surface area contributed by atoms with Crippen molar-refractivity contribution in [1.82, 2.24) is 35.9 Å². The zero-order valence-corrected chi connectivity index (χ0v) is 21.9. The average Bonchev–Trinajstić information content (AvgIpc) is 3.41. The molecular formula is C23H22ClF3N8O3S. The Morgan fingerprint density at radius 2 is 1.72 bits per heavy atom.